The van der Waals surface area contributed by atoms with Crippen LogP contribution >= 0.6 is 0 Å². The second kappa shape index (κ2) is 6.58. The van der Waals surface area contributed by atoms with Crippen molar-refractivity contribution in [2.24, 2.45) is 0 Å². The summed E-state index contributed by atoms with van der Waals surface area (Å²) in [6.45, 7) is 4.91. The van der Waals surface area contributed by atoms with Crippen LogP contribution in [0.25, 0.3) is 0 Å². The first-order chi connectivity index (χ1) is 7.88. The van der Waals surface area contributed by atoms with Gasteiger partial charge in [0, 0.05) is 32.8 Å². The minimum absolute atomic E-state index is 0.512. The largest absolute Gasteiger partial charge is 0.381 e. The van der Waals surface area contributed by atoms with Crippen molar-refractivity contribution in [2.45, 2.75) is 50.7 Å². The molecule has 0 saturated carbocycles. The van der Waals surface area contributed by atoms with E-state index in [-0.39, 0.29) is 0 Å². The van der Waals surface area contributed by atoms with E-state index in [9.17, 15) is 0 Å². The van der Waals surface area contributed by atoms with Gasteiger partial charge in [-0.05, 0) is 32.2 Å². The van der Waals surface area contributed by atoms with Crippen molar-refractivity contribution in [3.63, 3.8) is 0 Å². The van der Waals surface area contributed by atoms with E-state index in [1.165, 1.54) is 64.7 Å². The first-order valence-electron chi connectivity index (χ1n) is 6.87. The minimum Gasteiger partial charge on any atom is -0.381 e. The molecule has 0 radical (unpaired) electrons. The fraction of sp³-hybridized carbons (Fsp3) is 1.00. The number of ether oxygens (including phenoxy) is 1. The minimum atomic E-state index is 0.512. The Balaban J connectivity index is 1.69. The van der Waals surface area contributed by atoms with Crippen molar-refractivity contribution in [3.05, 3.63) is 0 Å². The standard InChI is InChI=1S/C13H26N2O/c1-16-13-6-9-15(10-7-13)11-12-5-3-2-4-8-14-12/h12-14H,2-11H2,1H3/t12-/m1/s1. The quantitative estimate of drug-likeness (QED) is 0.791. The van der Waals surface area contributed by atoms with Crippen LogP contribution in [0.3, 0.4) is 0 Å². The van der Waals surface area contributed by atoms with E-state index in [1.54, 1.807) is 0 Å². The SMILES string of the molecule is COC1CCN(C[C@H]2CCCCCN2)CC1. The molecule has 94 valence electrons. The van der Waals surface area contributed by atoms with Crippen molar-refractivity contribution in [1.29, 1.82) is 0 Å². The van der Waals surface area contributed by atoms with Crippen LogP contribution in [0.15, 0.2) is 0 Å². The van der Waals surface area contributed by atoms with Crippen molar-refractivity contribution < 1.29 is 4.74 Å². The normalized spacial score (nSPS) is 30.2. The number of methoxy groups -OCH3 is 1. The molecule has 16 heavy (non-hydrogen) atoms. The molecule has 2 rings (SSSR count). The number of hydrogen-bond acceptors (Lipinski definition) is 3. The molecule has 3 nitrogen and oxygen atoms in total. The first kappa shape index (κ1) is 12.3. The lowest BCUT2D eigenvalue weighted by atomic mass is 10.1. The molecule has 2 saturated heterocycles. The van der Waals surface area contributed by atoms with Crippen LogP contribution in [0.2, 0.25) is 0 Å². The van der Waals surface area contributed by atoms with Crippen molar-refractivity contribution >= 4 is 0 Å². The van der Waals surface area contributed by atoms with Gasteiger partial charge in [0.2, 0.25) is 0 Å². The highest BCUT2D eigenvalue weighted by atomic mass is 16.5. The summed E-state index contributed by atoms with van der Waals surface area (Å²) in [4.78, 5) is 2.61. The Hall–Kier alpha value is -0.120. The topological polar surface area (TPSA) is 24.5 Å². The fourth-order valence-corrected chi connectivity index (χ4v) is 2.90. The Labute approximate surface area is 99.5 Å². The molecule has 0 aromatic carbocycles. The molecule has 3 heteroatoms. The number of nitrogens with one attached hydrogen (secondary N) is 1. The molecular formula is C13H26N2O. The van der Waals surface area contributed by atoms with Crippen LogP contribution in [0.5, 0.6) is 0 Å². The first-order valence-corrected chi connectivity index (χ1v) is 6.87. The van der Waals surface area contributed by atoms with Gasteiger partial charge >= 0.3 is 0 Å². The number of piperidine rings is 1. The molecule has 2 fully saturated rings. The molecule has 0 unspecified atom stereocenters. The number of likely N-dealkylation sites (tertiary alicyclic amines) is 1. The summed E-state index contributed by atoms with van der Waals surface area (Å²) in [5, 5.41) is 3.68. The number of rotatable bonds is 3. The molecule has 2 heterocycles. The van der Waals surface area contributed by atoms with Crippen LogP contribution in [-0.2, 0) is 4.74 Å². The summed E-state index contributed by atoms with van der Waals surface area (Å²) in [5.41, 5.74) is 0. The summed E-state index contributed by atoms with van der Waals surface area (Å²) in [7, 11) is 1.84. The van der Waals surface area contributed by atoms with E-state index in [0.29, 0.717) is 6.10 Å². The monoisotopic (exact) mass is 226 g/mol. The van der Waals surface area contributed by atoms with Gasteiger partial charge in [-0.25, -0.2) is 0 Å². The highest BCUT2D eigenvalue weighted by Crippen LogP contribution is 2.15. The summed E-state index contributed by atoms with van der Waals surface area (Å²) in [6, 6.07) is 0.738. The molecular weight excluding hydrogens is 200 g/mol. The van der Waals surface area contributed by atoms with Crippen LogP contribution in [0.4, 0.5) is 0 Å². The van der Waals surface area contributed by atoms with Gasteiger partial charge < -0.3 is 15.0 Å². The van der Waals surface area contributed by atoms with Gasteiger partial charge in [-0.1, -0.05) is 12.8 Å². The second-order valence-electron chi connectivity index (χ2n) is 5.24. The average molecular weight is 226 g/mol. The maximum atomic E-state index is 5.41. The molecule has 0 bridgehead atoms. The highest BCUT2D eigenvalue weighted by Gasteiger charge is 2.21. The Morgan fingerprint density at radius 2 is 1.94 bits per heavy atom. The number of nitrogens with zero attached hydrogens (tertiary/aromatic N) is 1. The smallest absolute Gasteiger partial charge is 0.0595 e. The van der Waals surface area contributed by atoms with Crippen molar-refractivity contribution in [1.82, 2.24) is 10.2 Å². The lowest BCUT2D eigenvalue weighted by Crippen LogP contribution is -2.45. The van der Waals surface area contributed by atoms with Crippen LogP contribution in [0, 0.1) is 0 Å². The molecule has 1 N–H and O–H groups in total. The third kappa shape index (κ3) is 3.72. The van der Waals surface area contributed by atoms with E-state index in [1.807, 2.05) is 7.11 Å². The summed E-state index contributed by atoms with van der Waals surface area (Å²) in [6.07, 6.45) is 8.48. The molecule has 2 aliphatic heterocycles. The van der Waals surface area contributed by atoms with E-state index < -0.39 is 0 Å². The Kier molecular flexibility index (Phi) is 5.07. The predicted molar refractivity (Wildman–Crippen MR) is 66.7 cm³/mol. The van der Waals surface area contributed by atoms with Gasteiger partial charge in [-0.2, -0.15) is 0 Å². The summed E-state index contributed by atoms with van der Waals surface area (Å²) >= 11 is 0. The van der Waals surface area contributed by atoms with Gasteiger partial charge in [-0.3, -0.25) is 0 Å². The molecule has 0 aliphatic carbocycles. The lowest BCUT2D eigenvalue weighted by Gasteiger charge is -2.33. The van der Waals surface area contributed by atoms with Crippen molar-refractivity contribution in [3.8, 4) is 0 Å². The third-order valence-corrected chi connectivity index (χ3v) is 4.01. The molecule has 1 atom stereocenters. The predicted octanol–water partition coefficient (Wildman–Crippen LogP) is 1.63. The molecule has 2 aliphatic rings. The van der Waals surface area contributed by atoms with Gasteiger partial charge in [0.15, 0.2) is 0 Å². The maximum absolute atomic E-state index is 5.41. The zero-order valence-electron chi connectivity index (χ0n) is 10.6. The Bertz CT molecular complexity index is 182. The zero-order valence-corrected chi connectivity index (χ0v) is 10.6. The fourth-order valence-electron chi connectivity index (χ4n) is 2.90. The Morgan fingerprint density at radius 3 is 2.69 bits per heavy atom. The van der Waals surface area contributed by atoms with E-state index in [4.69, 9.17) is 4.74 Å². The molecule has 0 amide bonds. The lowest BCUT2D eigenvalue weighted by molar-refractivity contribution is 0.0383. The van der Waals surface area contributed by atoms with Gasteiger partial charge in [0.05, 0.1) is 6.10 Å². The van der Waals surface area contributed by atoms with Crippen LogP contribution in [-0.4, -0.2) is 50.3 Å². The molecule has 0 spiro atoms. The van der Waals surface area contributed by atoms with E-state index >= 15 is 0 Å². The molecule has 0 aromatic heterocycles. The summed E-state index contributed by atoms with van der Waals surface area (Å²) in [5.74, 6) is 0. The third-order valence-electron chi connectivity index (χ3n) is 4.01. The summed E-state index contributed by atoms with van der Waals surface area (Å²) < 4.78 is 5.41. The van der Waals surface area contributed by atoms with Gasteiger partial charge in [0.1, 0.15) is 0 Å². The van der Waals surface area contributed by atoms with Gasteiger partial charge in [0.25, 0.3) is 0 Å². The van der Waals surface area contributed by atoms with E-state index in [2.05, 4.69) is 10.2 Å². The Morgan fingerprint density at radius 1 is 1.12 bits per heavy atom. The van der Waals surface area contributed by atoms with Gasteiger partial charge in [-0.15, -0.1) is 0 Å². The zero-order chi connectivity index (χ0) is 11.2. The van der Waals surface area contributed by atoms with Crippen LogP contribution in [0.1, 0.15) is 38.5 Å². The van der Waals surface area contributed by atoms with Crippen molar-refractivity contribution in [2.75, 3.05) is 33.3 Å². The maximum Gasteiger partial charge on any atom is 0.0595 e. The highest BCUT2D eigenvalue weighted by molar-refractivity contribution is 4.79. The number of hydrogen-bond donors (Lipinski definition) is 1. The van der Waals surface area contributed by atoms with Crippen LogP contribution < -0.4 is 5.32 Å². The average Bonchev–Trinajstić information content (AvgIpc) is 2.59. The van der Waals surface area contributed by atoms with E-state index in [0.717, 1.165) is 6.04 Å². The second-order valence-corrected chi connectivity index (χ2v) is 5.24. The molecule has 0 aromatic rings.